The average Bonchev–Trinajstić information content (AvgIpc) is 2.52. The first kappa shape index (κ1) is 14.9. The Morgan fingerprint density at radius 2 is 1.62 bits per heavy atom. The summed E-state index contributed by atoms with van der Waals surface area (Å²) < 4.78 is 72.0. The van der Waals surface area contributed by atoms with Crippen LogP contribution in [0.2, 0.25) is 0 Å². The van der Waals surface area contributed by atoms with Crippen LogP contribution in [-0.4, -0.2) is 21.0 Å². The van der Waals surface area contributed by atoms with Gasteiger partial charge in [0.1, 0.15) is 16.5 Å². The number of nitrogens with one attached hydrogen (secondary N) is 2. The molecule has 94 valence electrons. The maximum Gasteiger partial charge on any atom is 0.460 e. The van der Waals surface area contributed by atoms with E-state index in [2.05, 4.69) is 9.97 Å². The van der Waals surface area contributed by atoms with Gasteiger partial charge in [-0.1, -0.05) is 0 Å². The van der Waals surface area contributed by atoms with Gasteiger partial charge in [-0.3, -0.25) is 4.78 Å². The second kappa shape index (κ2) is 5.32. The van der Waals surface area contributed by atoms with Crippen molar-refractivity contribution in [2.75, 3.05) is 0 Å². The first-order chi connectivity index (χ1) is 7.05. The smallest absolute Gasteiger partial charge is 0.349 e. The van der Waals surface area contributed by atoms with Gasteiger partial charge in [-0.15, -0.1) is 0 Å². The van der Waals surface area contributed by atoms with Gasteiger partial charge in [0.05, 0.1) is 0 Å². The molecule has 0 aromatic carbocycles. The number of aromatic nitrogens is 2. The molecule has 1 heterocycles. The van der Waals surface area contributed by atoms with Crippen molar-refractivity contribution >= 4 is 10.7 Å². The summed E-state index contributed by atoms with van der Waals surface area (Å²) >= 11 is 0. The second-order valence-electron chi connectivity index (χ2n) is 2.37. The Morgan fingerprint density at radius 1 is 1.19 bits per heavy atom. The van der Waals surface area contributed by atoms with E-state index in [0.717, 1.165) is 5.82 Å². The number of aromatic amines is 1. The van der Waals surface area contributed by atoms with Crippen molar-refractivity contribution in [2.45, 2.75) is 17.9 Å². The van der Waals surface area contributed by atoms with Crippen molar-refractivity contribution in [3.8, 4) is 0 Å². The molecule has 3 nitrogen and oxygen atoms in total. The first-order valence-corrected chi connectivity index (χ1v) is 4.82. The summed E-state index contributed by atoms with van der Waals surface area (Å²) in [5.41, 5.74) is -11.0. The number of halogens is 6. The van der Waals surface area contributed by atoms with Crippen molar-refractivity contribution in [1.29, 1.82) is 4.78 Å². The van der Waals surface area contributed by atoms with Crippen LogP contribution in [0.25, 0.3) is 0 Å². The summed E-state index contributed by atoms with van der Waals surface area (Å²) in [6.45, 7) is 1.92. The largest absolute Gasteiger partial charge is 0.460 e. The van der Waals surface area contributed by atoms with Crippen molar-refractivity contribution in [3.63, 3.8) is 0 Å². The lowest BCUT2D eigenvalue weighted by molar-refractivity contribution is -0.0754. The third-order valence-electron chi connectivity index (χ3n) is 1.10. The fourth-order valence-electron chi connectivity index (χ4n) is 0.475. The summed E-state index contributed by atoms with van der Waals surface area (Å²) in [7, 11) is -4.25. The minimum Gasteiger partial charge on any atom is -0.349 e. The Morgan fingerprint density at radius 3 is 1.69 bits per heavy atom. The predicted molar refractivity (Wildman–Crippen MR) is 45.5 cm³/mol. The molecule has 0 aliphatic carbocycles. The molecule has 0 saturated carbocycles. The molecule has 0 spiro atoms. The monoisotopic (exact) mass is 267 g/mol. The molecule has 16 heavy (non-hydrogen) atoms. The van der Waals surface area contributed by atoms with Crippen molar-refractivity contribution < 1.29 is 26.3 Å². The molecule has 0 radical (unpaired) electrons. The average molecular weight is 267 g/mol. The van der Waals surface area contributed by atoms with E-state index in [1.54, 1.807) is 12.4 Å². The Balaban J connectivity index is 0.000000315. The van der Waals surface area contributed by atoms with Gasteiger partial charge in [-0.05, 0) is 6.92 Å². The lowest BCUT2D eigenvalue weighted by atomic mass is 10.8. The molecule has 0 aliphatic heterocycles. The van der Waals surface area contributed by atoms with E-state index >= 15 is 0 Å². The molecule has 0 atom stereocenters. The predicted octanol–water partition coefficient (Wildman–Crippen LogP) is 3.12. The standard InChI is InChI=1S/C4H6N2.C2HF6NS/c1-4-5-2-3-6-4;3-1(4,5)10(9)2(6,7)8/h2-3H,1H3,(H,5,6);9H. The summed E-state index contributed by atoms with van der Waals surface area (Å²) in [6, 6.07) is 0. The van der Waals surface area contributed by atoms with Gasteiger partial charge in [0.2, 0.25) is 0 Å². The minimum atomic E-state index is -5.49. The quantitative estimate of drug-likeness (QED) is 0.697. The fourth-order valence-corrected chi connectivity index (χ4v) is 0.738. The lowest BCUT2D eigenvalue weighted by Gasteiger charge is -2.11. The molecule has 0 bridgehead atoms. The van der Waals surface area contributed by atoms with Gasteiger partial charge in [0.15, 0.2) is 0 Å². The Hall–Kier alpha value is -1.06. The van der Waals surface area contributed by atoms with E-state index in [1.807, 2.05) is 6.92 Å². The number of rotatable bonds is 0. The topological polar surface area (TPSA) is 52.5 Å². The molecule has 0 aliphatic rings. The number of alkyl halides is 6. The van der Waals surface area contributed by atoms with Crippen molar-refractivity contribution in [2.24, 2.45) is 0 Å². The van der Waals surface area contributed by atoms with Gasteiger partial charge in [-0.25, -0.2) is 4.98 Å². The van der Waals surface area contributed by atoms with Crippen LogP contribution < -0.4 is 0 Å². The van der Waals surface area contributed by atoms with Crippen LogP contribution >= 0.6 is 0 Å². The van der Waals surface area contributed by atoms with Gasteiger partial charge >= 0.3 is 11.0 Å². The molecule has 10 heteroatoms. The first-order valence-electron chi connectivity index (χ1n) is 3.60. The normalized spacial score (nSPS) is 12.2. The zero-order valence-electron chi connectivity index (χ0n) is 7.78. The molecule has 0 unspecified atom stereocenters. The highest BCUT2D eigenvalue weighted by Gasteiger charge is 2.50. The van der Waals surface area contributed by atoms with Crippen LogP contribution in [0.15, 0.2) is 12.4 Å². The summed E-state index contributed by atoms with van der Waals surface area (Å²) in [6.07, 6.45) is 3.53. The van der Waals surface area contributed by atoms with E-state index in [4.69, 9.17) is 4.78 Å². The van der Waals surface area contributed by atoms with E-state index in [0.29, 0.717) is 0 Å². The van der Waals surface area contributed by atoms with Crippen LogP contribution in [0.3, 0.4) is 0 Å². The highest BCUT2D eigenvalue weighted by atomic mass is 32.2. The fraction of sp³-hybridized carbons (Fsp3) is 0.500. The third kappa shape index (κ3) is 5.73. The van der Waals surface area contributed by atoms with E-state index < -0.39 is 21.7 Å². The van der Waals surface area contributed by atoms with Gasteiger partial charge < -0.3 is 4.98 Å². The SMILES string of the molecule is Cc1ncc[nH]1.N=S(C(F)(F)F)C(F)(F)F. The van der Waals surface area contributed by atoms with Crippen LogP contribution in [-0.2, 0) is 10.7 Å². The highest BCUT2D eigenvalue weighted by Crippen LogP contribution is 2.33. The molecular formula is C6H7F6N3S. The summed E-state index contributed by atoms with van der Waals surface area (Å²) in [5, 5.41) is 0. The van der Waals surface area contributed by atoms with Gasteiger partial charge in [-0.2, -0.15) is 26.3 Å². The number of aryl methyl sites for hydroxylation is 1. The molecule has 0 amide bonds. The Bertz CT molecular complexity index is 311. The maximum absolute atomic E-state index is 11.0. The van der Waals surface area contributed by atoms with Crippen molar-refractivity contribution in [3.05, 3.63) is 18.2 Å². The molecule has 1 aromatic heterocycles. The van der Waals surface area contributed by atoms with Crippen LogP contribution in [0.5, 0.6) is 0 Å². The molecule has 2 N–H and O–H groups in total. The molecular weight excluding hydrogens is 260 g/mol. The highest BCUT2D eigenvalue weighted by molar-refractivity contribution is 7.87. The van der Waals surface area contributed by atoms with Crippen molar-refractivity contribution in [1.82, 2.24) is 9.97 Å². The number of H-pyrrole nitrogens is 1. The maximum atomic E-state index is 11.0. The van der Waals surface area contributed by atoms with Crippen LogP contribution in [0, 0.1) is 11.7 Å². The number of nitrogens with zero attached hydrogens (tertiary/aromatic N) is 1. The van der Waals surface area contributed by atoms with E-state index in [-0.39, 0.29) is 0 Å². The third-order valence-corrected chi connectivity index (χ3v) is 2.02. The van der Waals surface area contributed by atoms with Crippen LogP contribution in [0.1, 0.15) is 5.82 Å². The lowest BCUT2D eigenvalue weighted by Crippen LogP contribution is -2.28. The molecule has 1 aromatic rings. The number of hydrogen-bond donors (Lipinski definition) is 2. The number of hydrogen-bond acceptors (Lipinski definition) is 2. The molecule has 1 rings (SSSR count). The van der Waals surface area contributed by atoms with Gasteiger partial charge in [0.25, 0.3) is 0 Å². The number of imidazole rings is 1. The summed E-state index contributed by atoms with van der Waals surface area (Å²) in [5.74, 6) is 0.968. The Labute approximate surface area is 88.8 Å². The van der Waals surface area contributed by atoms with E-state index in [1.165, 1.54) is 0 Å². The summed E-state index contributed by atoms with van der Waals surface area (Å²) in [4.78, 5) is 6.75. The zero-order chi connectivity index (χ0) is 13.0. The Kier molecular flexibility index (Phi) is 4.97. The van der Waals surface area contributed by atoms with Gasteiger partial charge in [0, 0.05) is 12.4 Å². The molecule has 0 fully saturated rings. The molecule has 0 saturated heterocycles. The van der Waals surface area contributed by atoms with E-state index in [9.17, 15) is 26.3 Å². The minimum absolute atomic E-state index is 0.968. The zero-order valence-corrected chi connectivity index (χ0v) is 8.59. The van der Waals surface area contributed by atoms with Crippen LogP contribution in [0.4, 0.5) is 26.3 Å². The second-order valence-corrected chi connectivity index (χ2v) is 3.91.